The number of nitrogens with two attached hydrogens (primary N) is 3. The van der Waals surface area contributed by atoms with Crippen LogP contribution < -0.4 is 17.2 Å². The minimum absolute atomic E-state index is 0.241. The Balaban J connectivity index is 2.30. The molecule has 136 valence electrons. The van der Waals surface area contributed by atoms with Gasteiger partial charge in [0.2, 0.25) is 0 Å². The first-order valence-corrected chi connectivity index (χ1v) is 8.11. The number of rotatable bonds is 2. The zero-order valence-corrected chi connectivity index (χ0v) is 15.5. The van der Waals surface area contributed by atoms with E-state index in [-0.39, 0.29) is 12.4 Å². The second-order valence-corrected chi connectivity index (χ2v) is 7.61. The van der Waals surface area contributed by atoms with Crippen molar-refractivity contribution in [1.29, 1.82) is 0 Å². The van der Waals surface area contributed by atoms with Crippen molar-refractivity contribution in [1.82, 2.24) is 4.90 Å². The molecule has 0 radical (unpaired) electrons. The van der Waals surface area contributed by atoms with Crippen molar-refractivity contribution in [3.8, 4) is 0 Å². The van der Waals surface area contributed by atoms with Crippen molar-refractivity contribution in [2.45, 2.75) is 45.8 Å². The van der Waals surface area contributed by atoms with Crippen LogP contribution in [0.3, 0.4) is 0 Å². The second-order valence-electron chi connectivity index (χ2n) is 7.61. The first kappa shape index (κ1) is 18.6. The lowest BCUT2D eigenvalue weighted by atomic mass is 10.0. The maximum absolute atomic E-state index is 12.5. The average Bonchev–Trinajstić information content (AvgIpc) is 2.68. The summed E-state index contributed by atoms with van der Waals surface area (Å²) in [6.45, 7) is 9.41. The van der Waals surface area contributed by atoms with Crippen LogP contribution in [-0.2, 0) is 4.74 Å². The quantitative estimate of drug-likeness (QED) is 0.432. The van der Waals surface area contributed by atoms with Crippen molar-refractivity contribution >= 4 is 23.3 Å². The molecule has 7 heteroatoms. The van der Waals surface area contributed by atoms with E-state index in [1.807, 2.05) is 34.6 Å². The van der Waals surface area contributed by atoms with Crippen molar-refractivity contribution in [2.75, 3.05) is 12.3 Å². The van der Waals surface area contributed by atoms with E-state index in [2.05, 4.69) is 4.99 Å². The number of nitrogen functional groups attached to an aromatic ring is 1. The monoisotopic (exact) mass is 345 g/mol. The lowest BCUT2D eigenvalue weighted by Crippen LogP contribution is -2.48. The smallest absolute Gasteiger partial charge is 0.411 e. The van der Waals surface area contributed by atoms with Gasteiger partial charge in [0.25, 0.3) is 0 Å². The SMILES string of the molecule is CC(C)(C)OC(=O)N1CC(C(N)=Nc2cccc(N)c2)=C(N)C1(C)C. The van der Waals surface area contributed by atoms with Gasteiger partial charge in [0, 0.05) is 17.0 Å². The minimum atomic E-state index is -0.715. The van der Waals surface area contributed by atoms with E-state index in [0.29, 0.717) is 22.6 Å². The summed E-state index contributed by atoms with van der Waals surface area (Å²) in [5.74, 6) is 0.266. The molecule has 1 aromatic carbocycles. The molecule has 0 bridgehead atoms. The third-order valence-electron chi connectivity index (χ3n) is 4.02. The van der Waals surface area contributed by atoms with Gasteiger partial charge in [-0.1, -0.05) is 6.07 Å². The Morgan fingerprint density at radius 3 is 2.48 bits per heavy atom. The second kappa shape index (κ2) is 6.31. The Morgan fingerprint density at radius 1 is 1.28 bits per heavy atom. The van der Waals surface area contributed by atoms with E-state index in [1.165, 1.54) is 0 Å². The van der Waals surface area contributed by atoms with Gasteiger partial charge >= 0.3 is 6.09 Å². The van der Waals surface area contributed by atoms with Crippen LogP contribution in [-0.4, -0.2) is 34.5 Å². The summed E-state index contributed by atoms with van der Waals surface area (Å²) in [7, 11) is 0. The molecule has 25 heavy (non-hydrogen) atoms. The van der Waals surface area contributed by atoms with Gasteiger partial charge in [0.15, 0.2) is 0 Å². The van der Waals surface area contributed by atoms with Gasteiger partial charge in [0.05, 0.1) is 17.8 Å². The number of nitrogens with zero attached hydrogens (tertiary/aromatic N) is 2. The van der Waals surface area contributed by atoms with Crippen LogP contribution >= 0.6 is 0 Å². The van der Waals surface area contributed by atoms with Crippen LogP contribution in [0.15, 0.2) is 40.5 Å². The molecular weight excluding hydrogens is 318 g/mol. The van der Waals surface area contributed by atoms with E-state index >= 15 is 0 Å². The van der Waals surface area contributed by atoms with Gasteiger partial charge in [-0.05, 0) is 52.8 Å². The molecule has 1 aliphatic rings. The van der Waals surface area contributed by atoms with Crippen LogP contribution in [0.2, 0.25) is 0 Å². The molecular formula is C18H27N5O2. The lowest BCUT2D eigenvalue weighted by molar-refractivity contribution is 0.0151. The maximum Gasteiger partial charge on any atom is 0.411 e. The summed E-state index contributed by atoms with van der Waals surface area (Å²) in [6.07, 6.45) is -0.438. The van der Waals surface area contributed by atoms with Crippen LogP contribution in [0.1, 0.15) is 34.6 Å². The fourth-order valence-electron chi connectivity index (χ4n) is 2.59. The van der Waals surface area contributed by atoms with E-state index in [0.717, 1.165) is 0 Å². The van der Waals surface area contributed by atoms with Crippen LogP contribution in [0, 0.1) is 0 Å². The molecule has 1 aromatic rings. The van der Waals surface area contributed by atoms with E-state index in [4.69, 9.17) is 21.9 Å². The molecule has 0 aromatic heterocycles. The zero-order valence-electron chi connectivity index (χ0n) is 15.5. The fourth-order valence-corrected chi connectivity index (χ4v) is 2.59. The number of ether oxygens (including phenoxy) is 1. The number of benzene rings is 1. The van der Waals surface area contributed by atoms with Gasteiger partial charge in [-0.3, -0.25) is 4.90 Å². The van der Waals surface area contributed by atoms with Gasteiger partial charge < -0.3 is 21.9 Å². The number of hydrogen-bond donors (Lipinski definition) is 3. The topological polar surface area (TPSA) is 120 Å². The number of carbonyl (C=O) groups excluding carboxylic acids is 1. The molecule has 0 spiro atoms. The third-order valence-corrected chi connectivity index (χ3v) is 4.02. The fraction of sp³-hybridized carbons (Fsp3) is 0.444. The number of aliphatic imine (C=N–C) groups is 1. The Morgan fingerprint density at radius 2 is 1.92 bits per heavy atom. The summed E-state index contributed by atoms with van der Waals surface area (Å²) < 4.78 is 5.48. The predicted octanol–water partition coefficient (Wildman–Crippen LogP) is 2.50. The predicted molar refractivity (Wildman–Crippen MR) is 100 cm³/mol. The molecule has 1 heterocycles. The molecule has 0 aliphatic carbocycles. The first-order valence-electron chi connectivity index (χ1n) is 8.11. The highest BCUT2D eigenvalue weighted by Crippen LogP contribution is 2.33. The van der Waals surface area contributed by atoms with Crippen molar-refractivity contribution < 1.29 is 9.53 Å². The molecule has 0 fully saturated rings. The number of carbonyl (C=O) groups is 1. The molecule has 0 saturated heterocycles. The Kier molecular flexibility index (Phi) is 4.70. The Hall–Kier alpha value is -2.70. The largest absolute Gasteiger partial charge is 0.444 e. The molecule has 7 nitrogen and oxygen atoms in total. The van der Waals surface area contributed by atoms with Crippen molar-refractivity contribution in [3.05, 3.63) is 35.5 Å². The standard InChI is InChI=1S/C18H27N5O2/c1-17(2,3)25-16(24)23-10-13(14(20)18(23,4)5)15(21)22-12-8-6-7-11(19)9-12/h6-9H,10,19-20H2,1-5H3,(H2,21,22). The van der Waals surface area contributed by atoms with Crippen LogP contribution in [0.5, 0.6) is 0 Å². The summed E-state index contributed by atoms with van der Waals surface area (Å²) in [4.78, 5) is 18.5. The Bertz CT molecular complexity index is 744. The van der Waals surface area contributed by atoms with Gasteiger partial charge in [-0.2, -0.15) is 0 Å². The van der Waals surface area contributed by atoms with Crippen molar-refractivity contribution in [2.24, 2.45) is 16.5 Å². The van der Waals surface area contributed by atoms with Crippen LogP contribution in [0.25, 0.3) is 0 Å². The van der Waals surface area contributed by atoms with Gasteiger partial charge in [-0.25, -0.2) is 9.79 Å². The van der Waals surface area contributed by atoms with Crippen LogP contribution in [0.4, 0.5) is 16.2 Å². The molecule has 0 atom stereocenters. The summed E-state index contributed by atoms with van der Waals surface area (Å²) in [6, 6.07) is 7.08. The normalized spacial score (nSPS) is 17.8. The number of amidine groups is 1. The number of anilines is 1. The molecule has 0 saturated carbocycles. The lowest BCUT2D eigenvalue weighted by Gasteiger charge is -2.34. The summed E-state index contributed by atoms with van der Waals surface area (Å²) >= 11 is 0. The molecule has 1 aliphatic heterocycles. The van der Waals surface area contributed by atoms with E-state index in [1.54, 1.807) is 29.2 Å². The minimum Gasteiger partial charge on any atom is -0.444 e. The highest BCUT2D eigenvalue weighted by atomic mass is 16.6. The average molecular weight is 345 g/mol. The van der Waals surface area contributed by atoms with Gasteiger partial charge in [-0.15, -0.1) is 0 Å². The summed E-state index contributed by atoms with van der Waals surface area (Å²) in [5.41, 5.74) is 19.2. The molecule has 2 rings (SSSR count). The van der Waals surface area contributed by atoms with Gasteiger partial charge in [0.1, 0.15) is 11.4 Å². The molecule has 0 unspecified atom stereocenters. The van der Waals surface area contributed by atoms with E-state index < -0.39 is 17.2 Å². The molecule has 1 amide bonds. The Labute approximate surface area is 148 Å². The first-order chi connectivity index (χ1) is 11.4. The maximum atomic E-state index is 12.5. The number of amides is 1. The third kappa shape index (κ3) is 4.04. The van der Waals surface area contributed by atoms with E-state index in [9.17, 15) is 4.79 Å². The number of hydrogen-bond acceptors (Lipinski definition) is 5. The van der Waals surface area contributed by atoms with Crippen molar-refractivity contribution in [3.63, 3.8) is 0 Å². The highest BCUT2D eigenvalue weighted by molar-refractivity contribution is 6.01. The zero-order chi connectivity index (χ0) is 19.0. The summed E-state index contributed by atoms with van der Waals surface area (Å²) in [5, 5.41) is 0. The highest BCUT2D eigenvalue weighted by Gasteiger charge is 2.43. The molecule has 6 N–H and O–H groups in total.